The molecule has 4 heterocycles. The van der Waals surface area contributed by atoms with Crippen LogP contribution in [0.4, 0.5) is 17.7 Å². The summed E-state index contributed by atoms with van der Waals surface area (Å²) in [6, 6.07) is 7.68. The summed E-state index contributed by atoms with van der Waals surface area (Å²) in [5, 5.41) is 11.4. The molecule has 1 fully saturated rings. The van der Waals surface area contributed by atoms with Crippen molar-refractivity contribution < 1.29 is 9.47 Å². The van der Waals surface area contributed by atoms with Crippen molar-refractivity contribution in [1.29, 1.82) is 0 Å². The highest BCUT2D eigenvalue weighted by Crippen LogP contribution is 2.32. The maximum atomic E-state index is 5.42. The van der Waals surface area contributed by atoms with Crippen LogP contribution < -0.4 is 24.6 Å². The first-order valence-electron chi connectivity index (χ1n) is 9.44. The van der Waals surface area contributed by atoms with Crippen molar-refractivity contribution in [2.24, 2.45) is 0 Å². The Morgan fingerprint density at radius 1 is 0.966 bits per heavy atom. The Hall–Kier alpha value is -3.69. The number of nitrogens with one attached hydrogen (secondary N) is 1. The number of piperazine rings is 1. The molecule has 5 rings (SSSR count). The van der Waals surface area contributed by atoms with E-state index in [9.17, 15) is 0 Å². The van der Waals surface area contributed by atoms with Crippen LogP contribution in [0.15, 0.2) is 42.9 Å². The van der Waals surface area contributed by atoms with Gasteiger partial charge in [-0.05, 0) is 23.8 Å². The van der Waals surface area contributed by atoms with E-state index in [4.69, 9.17) is 9.47 Å². The molecule has 148 valence electrons. The Labute approximate surface area is 167 Å². The monoisotopic (exact) mass is 392 g/mol. The molecule has 1 N–H and O–H groups in total. The molecule has 3 aromatic rings. The molecule has 10 nitrogen and oxygen atoms in total. The van der Waals surface area contributed by atoms with E-state index in [0.29, 0.717) is 12.5 Å². The van der Waals surface area contributed by atoms with Crippen molar-refractivity contribution in [3.8, 4) is 11.5 Å². The first kappa shape index (κ1) is 17.4. The summed E-state index contributed by atoms with van der Waals surface area (Å²) in [6.45, 7) is 4.13. The van der Waals surface area contributed by atoms with Gasteiger partial charge in [-0.25, -0.2) is 9.97 Å². The van der Waals surface area contributed by atoms with Crippen LogP contribution >= 0.6 is 0 Å². The number of benzene rings is 1. The molecular formula is C19H20N8O2. The second kappa shape index (κ2) is 7.74. The number of ether oxygens (including phenoxy) is 2. The summed E-state index contributed by atoms with van der Waals surface area (Å²) < 4.78 is 10.8. The molecule has 29 heavy (non-hydrogen) atoms. The van der Waals surface area contributed by atoms with Crippen LogP contribution in [0.3, 0.4) is 0 Å². The van der Waals surface area contributed by atoms with Crippen LogP contribution in [-0.4, -0.2) is 58.1 Å². The summed E-state index contributed by atoms with van der Waals surface area (Å²) in [6.07, 6.45) is 5.22. The Bertz CT molecular complexity index is 979. The van der Waals surface area contributed by atoms with Gasteiger partial charge in [0.05, 0.1) is 6.20 Å². The molecular weight excluding hydrogens is 372 g/mol. The lowest BCUT2D eigenvalue weighted by Crippen LogP contribution is -2.47. The average Bonchev–Trinajstić information content (AvgIpc) is 3.27. The summed E-state index contributed by atoms with van der Waals surface area (Å²) >= 11 is 0. The van der Waals surface area contributed by atoms with Crippen LogP contribution in [0.2, 0.25) is 0 Å². The highest BCUT2D eigenvalue weighted by molar-refractivity contribution is 5.46. The van der Waals surface area contributed by atoms with E-state index >= 15 is 0 Å². The molecule has 2 aliphatic heterocycles. The van der Waals surface area contributed by atoms with Crippen molar-refractivity contribution in [2.75, 3.05) is 48.1 Å². The predicted octanol–water partition coefficient (Wildman–Crippen LogP) is 1.33. The molecule has 0 radical (unpaired) electrons. The van der Waals surface area contributed by atoms with Crippen molar-refractivity contribution >= 4 is 17.7 Å². The Morgan fingerprint density at radius 2 is 1.76 bits per heavy atom. The van der Waals surface area contributed by atoms with E-state index in [1.165, 1.54) is 0 Å². The summed E-state index contributed by atoms with van der Waals surface area (Å²) in [4.78, 5) is 17.6. The number of rotatable bonds is 5. The number of hydrogen-bond donors (Lipinski definition) is 1. The average molecular weight is 392 g/mol. The highest BCUT2D eigenvalue weighted by Gasteiger charge is 2.20. The molecule has 10 heteroatoms. The molecule has 0 unspecified atom stereocenters. The maximum Gasteiger partial charge on any atom is 0.244 e. The third-order valence-corrected chi connectivity index (χ3v) is 4.87. The van der Waals surface area contributed by atoms with Gasteiger partial charge in [-0.15, -0.1) is 5.10 Å². The topological polar surface area (TPSA) is 101 Å². The van der Waals surface area contributed by atoms with Gasteiger partial charge in [0.15, 0.2) is 17.3 Å². The predicted molar refractivity (Wildman–Crippen MR) is 106 cm³/mol. The smallest absolute Gasteiger partial charge is 0.244 e. The van der Waals surface area contributed by atoms with Gasteiger partial charge in [-0.2, -0.15) is 10.1 Å². The van der Waals surface area contributed by atoms with Gasteiger partial charge in [0.25, 0.3) is 0 Å². The highest BCUT2D eigenvalue weighted by atomic mass is 16.7. The number of hydrogen-bond acceptors (Lipinski definition) is 10. The second-order valence-corrected chi connectivity index (χ2v) is 6.70. The lowest BCUT2D eigenvalue weighted by Gasteiger charge is -2.35. The second-order valence-electron chi connectivity index (χ2n) is 6.70. The van der Waals surface area contributed by atoms with Crippen molar-refractivity contribution in [3.63, 3.8) is 0 Å². The molecule has 1 aromatic carbocycles. The molecule has 0 saturated carbocycles. The van der Waals surface area contributed by atoms with Gasteiger partial charge in [0, 0.05) is 45.1 Å². The lowest BCUT2D eigenvalue weighted by atomic mass is 10.2. The van der Waals surface area contributed by atoms with Gasteiger partial charge in [0.2, 0.25) is 18.7 Å². The van der Waals surface area contributed by atoms with Crippen LogP contribution in [0.1, 0.15) is 5.56 Å². The fourth-order valence-corrected chi connectivity index (χ4v) is 3.34. The van der Waals surface area contributed by atoms with E-state index in [0.717, 1.165) is 55.0 Å². The molecule has 2 aliphatic rings. The van der Waals surface area contributed by atoms with Gasteiger partial charge in [-0.3, -0.25) is 0 Å². The standard InChI is InChI=1S/C19H20N8O2/c1-4-20-19(21-5-1)27-8-6-26(7-9-27)17-12-23-25-18(24-17)22-11-14-2-3-15-16(10-14)29-13-28-15/h1-5,10,12H,6-9,11,13H2,(H,22,24,25). The first-order valence-corrected chi connectivity index (χ1v) is 9.44. The Kier molecular flexibility index (Phi) is 4.65. The fraction of sp³-hybridized carbons (Fsp3) is 0.316. The third kappa shape index (κ3) is 3.82. The summed E-state index contributed by atoms with van der Waals surface area (Å²) in [7, 11) is 0. The van der Waals surface area contributed by atoms with E-state index in [2.05, 4.69) is 40.3 Å². The zero-order valence-corrected chi connectivity index (χ0v) is 15.7. The molecule has 2 aromatic heterocycles. The molecule has 1 saturated heterocycles. The fourth-order valence-electron chi connectivity index (χ4n) is 3.34. The van der Waals surface area contributed by atoms with Gasteiger partial charge in [0.1, 0.15) is 0 Å². The van der Waals surface area contributed by atoms with Crippen molar-refractivity contribution in [2.45, 2.75) is 6.54 Å². The summed E-state index contributed by atoms with van der Waals surface area (Å²) in [5.41, 5.74) is 1.06. The quantitative estimate of drug-likeness (QED) is 0.684. The zero-order valence-electron chi connectivity index (χ0n) is 15.7. The molecule has 0 aliphatic carbocycles. The Balaban J connectivity index is 1.20. The van der Waals surface area contributed by atoms with Gasteiger partial charge in [-0.1, -0.05) is 6.07 Å². The number of nitrogens with zero attached hydrogens (tertiary/aromatic N) is 7. The van der Waals surface area contributed by atoms with Gasteiger partial charge < -0.3 is 24.6 Å². The zero-order chi connectivity index (χ0) is 19.5. The number of fused-ring (bicyclic) bond motifs is 1. The van der Waals surface area contributed by atoms with Crippen molar-refractivity contribution in [1.82, 2.24) is 25.1 Å². The first-order chi connectivity index (χ1) is 14.3. The van der Waals surface area contributed by atoms with Crippen LogP contribution in [0.5, 0.6) is 11.5 Å². The van der Waals surface area contributed by atoms with Crippen LogP contribution in [0.25, 0.3) is 0 Å². The van der Waals surface area contributed by atoms with Crippen LogP contribution in [-0.2, 0) is 6.54 Å². The SMILES string of the molecule is c1cnc(N2CCN(c3cnnc(NCc4ccc5c(c4)OCO5)n3)CC2)nc1. The third-order valence-electron chi connectivity index (χ3n) is 4.87. The van der Waals surface area contributed by atoms with E-state index in [1.54, 1.807) is 18.6 Å². The maximum absolute atomic E-state index is 5.42. The largest absolute Gasteiger partial charge is 0.454 e. The molecule has 0 atom stereocenters. The van der Waals surface area contributed by atoms with E-state index in [-0.39, 0.29) is 6.79 Å². The molecule has 0 spiro atoms. The summed E-state index contributed by atoms with van der Waals surface area (Å²) in [5.74, 6) is 3.60. The van der Waals surface area contributed by atoms with E-state index in [1.807, 2.05) is 24.3 Å². The minimum absolute atomic E-state index is 0.269. The number of anilines is 3. The van der Waals surface area contributed by atoms with Crippen molar-refractivity contribution in [3.05, 3.63) is 48.4 Å². The van der Waals surface area contributed by atoms with Gasteiger partial charge >= 0.3 is 0 Å². The molecule has 0 amide bonds. The Morgan fingerprint density at radius 3 is 2.62 bits per heavy atom. The van der Waals surface area contributed by atoms with Crippen LogP contribution in [0, 0.1) is 0 Å². The lowest BCUT2D eigenvalue weighted by molar-refractivity contribution is 0.174. The molecule has 0 bridgehead atoms. The normalized spacial score (nSPS) is 15.4. The minimum Gasteiger partial charge on any atom is -0.454 e. The number of aromatic nitrogens is 5. The van der Waals surface area contributed by atoms with E-state index < -0.39 is 0 Å². The minimum atomic E-state index is 0.269.